The van der Waals surface area contributed by atoms with Gasteiger partial charge < -0.3 is 25.0 Å². The van der Waals surface area contributed by atoms with Gasteiger partial charge in [0.05, 0.1) is 38.1 Å². The molecule has 7 nitrogen and oxygen atoms in total. The van der Waals surface area contributed by atoms with Crippen LogP contribution in [0.4, 0.5) is 0 Å². The highest BCUT2D eigenvalue weighted by atomic mass is 16.5. The maximum absolute atomic E-state index is 10.9. The standard InChI is InChI=1S/C13H20N2O5/c1-19-13(18)2-3-14-4-5-20-12-6-10(8-16)15-11(7-12)9-17/h6-7,14,16-17H,2-5,8-9H2,1H3. The van der Waals surface area contributed by atoms with Crippen LogP contribution in [0.25, 0.3) is 0 Å². The van der Waals surface area contributed by atoms with E-state index in [-0.39, 0.29) is 19.2 Å². The van der Waals surface area contributed by atoms with Gasteiger partial charge in [0.2, 0.25) is 0 Å². The van der Waals surface area contributed by atoms with Gasteiger partial charge in [-0.05, 0) is 0 Å². The summed E-state index contributed by atoms with van der Waals surface area (Å²) in [6.07, 6.45) is 0.315. The fraction of sp³-hybridized carbons (Fsp3) is 0.538. The number of hydrogen-bond acceptors (Lipinski definition) is 7. The molecule has 0 saturated heterocycles. The average molecular weight is 284 g/mol. The predicted molar refractivity (Wildman–Crippen MR) is 71.1 cm³/mol. The van der Waals surface area contributed by atoms with Crippen LogP contribution >= 0.6 is 0 Å². The van der Waals surface area contributed by atoms with Gasteiger partial charge in [-0.2, -0.15) is 0 Å². The van der Waals surface area contributed by atoms with E-state index in [1.54, 1.807) is 12.1 Å². The molecular formula is C13H20N2O5. The Bertz CT molecular complexity index is 403. The molecule has 0 aromatic carbocycles. The number of aliphatic hydroxyl groups is 2. The molecular weight excluding hydrogens is 264 g/mol. The van der Waals surface area contributed by atoms with E-state index in [4.69, 9.17) is 14.9 Å². The lowest BCUT2D eigenvalue weighted by atomic mass is 10.3. The third-order valence-corrected chi connectivity index (χ3v) is 2.51. The molecule has 3 N–H and O–H groups in total. The molecule has 0 radical (unpaired) electrons. The van der Waals surface area contributed by atoms with Crippen LogP contribution in [0.15, 0.2) is 12.1 Å². The van der Waals surface area contributed by atoms with Crippen LogP contribution in [-0.2, 0) is 22.7 Å². The molecule has 1 rings (SSSR count). The molecule has 0 aliphatic heterocycles. The summed E-state index contributed by atoms with van der Waals surface area (Å²) < 4.78 is 10.00. The summed E-state index contributed by atoms with van der Waals surface area (Å²) in [6, 6.07) is 3.24. The van der Waals surface area contributed by atoms with Gasteiger partial charge in [-0.1, -0.05) is 0 Å². The van der Waals surface area contributed by atoms with E-state index in [2.05, 4.69) is 15.0 Å². The lowest BCUT2D eigenvalue weighted by Crippen LogP contribution is -2.24. The van der Waals surface area contributed by atoms with E-state index in [0.717, 1.165) is 0 Å². The van der Waals surface area contributed by atoms with Gasteiger partial charge >= 0.3 is 5.97 Å². The largest absolute Gasteiger partial charge is 0.492 e. The fourth-order valence-electron chi connectivity index (χ4n) is 1.52. The summed E-state index contributed by atoms with van der Waals surface area (Å²) in [5.74, 6) is 0.288. The van der Waals surface area contributed by atoms with Crippen LogP contribution in [-0.4, -0.2) is 48.0 Å². The number of nitrogens with one attached hydrogen (secondary N) is 1. The van der Waals surface area contributed by atoms with Gasteiger partial charge in [0.15, 0.2) is 0 Å². The number of hydrogen-bond donors (Lipinski definition) is 3. The van der Waals surface area contributed by atoms with E-state index in [1.165, 1.54) is 7.11 Å². The minimum Gasteiger partial charge on any atom is -0.492 e. The number of rotatable bonds is 9. The number of nitrogens with zero attached hydrogens (tertiary/aromatic N) is 1. The second-order valence-electron chi connectivity index (χ2n) is 4.03. The molecule has 0 bridgehead atoms. The maximum Gasteiger partial charge on any atom is 0.306 e. The lowest BCUT2D eigenvalue weighted by Gasteiger charge is -2.09. The van der Waals surface area contributed by atoms with E-state index < -0.39 is 0 Å². The normalized spacial score (nSPS) is 10.3. The molecule has 0 saturated carbocycles. The molecule has 0 fully saturated rings. The summed E-state index contributed by atoms with van der Waals surface area (Å²) in [6.45, 7) is 1.09. The van der Waals surface area contributed by atoms with Crippen molar-refractivity contribution in [2.45, 2.75) is 19.6 Å². The number of aliphatic hydroxyl groups excluding tert-OH is 2. The van der Waals surface area contributed by atoms with Crippen LogP contribution in [0.5, 0.6) is 5.75 Å². The first-order valence-corrected chi connectivity index (χ1v) is 6.31. The van der Waals surface area contributed by atoms with E-state index in [0.29, 0.717) is 43.3 Å². The molecule has 112 valence electrons. The smallest absolute Gasteiger partial charge is 0.306 e. The topological polar surface area (TPSA) is 101 Å². The second kappa shape index (κ2) is 9.24. The molecule has 0 unspecified atom stereocenters. The van der Waals surface area contributed by atoms with Crippen molar-refractivity contribution in [2.75, 3.05) is 26.8 Å². The van der Waals surface area contributed by atoms with Crippen molar-refractivity contribution in [3.8, 4) is 5.75 Å². The number of ether oxygens (including phenoxy) is 2. The lowest BCUT2D eigenvalue weighted by molar-refractivity contribution is -0.140. The SMILES string of the molecule is COC(=O)CCNCCOc1cc(CO)nc(CO)c1. The molecule has 0 spiro atoms. The molecule has 7 heteroatoms. The monoisotopic (exact) mass is 284 g/mol. The highest BCUT2D eigenvalue weighted by Crippen LogP contribution is 2.14. The average Bonchev–Trinajstić information content (AvgIpc) is 2.49. The summed E-state index contributed by atoms with van der Waals surface area (Å²) in [7, 11) is 1.35. The Morgan fingerprint density at radius 2 is 1.90 bits per heavy atom. The molecule has 1 aromatic rings. The van der Waals surface area contributed by atoms with Crippen LogP contribution < -0.4 is 10.1 Å². The van der Waals surface area contributed by atoms with Gasteiger partial charge in [-0.25, -0.2) is 0 Å². The van der Waals surface area contributed by atoms with Crippen molar-refractivity contribution in [3.63, 3.8) is 0 Å². The third kappa shape index (κ3) is 5.96. The highest BCUT2D eigenvalue weighted by Gasteiger charge is 2.03. The minimum atomic E-state index is -0.257. The number of esters is 1. The zero-order valence-electron chi connectivity index (χ0n) is 11.5. The first kappa shape index (κ1) is 16.4. The van der Waals surface area contributed by atoms with E-state index in [9.17, 15) is 4.79 Å². The molecule has 20 heavy (non-hydrogen) atoms. The van der Waals surface area contributed by atoms with Crippen LogP contribution in [0.2, 0.25) is 0 Å². The van der Waals surface area contributed by atoms with Gasteiger partial charge in [0.25, 0.3) is 0 Å². The molecule has 0 atom stereocenters. The molecule has 0 aliphatic rings. The van der Waals surface area contributed by atoms with Gasteiger partial charge in [-0.3, -0.25) is 9.78 Å². The van der Waals surface area contributed by atoms with Crippen LogP contribution in [0.1, 0.15) is 17.8 Å². The minimum absolute atomic E-state index is 0.207. The Morgan fingerprint density at radius 3 is 2.45 bits per heavy atom. The molecule has 1 heterocycles. The van der Waals surface area contributed by atoms with Crippen molar-refractivity contribution < 1.29 is 24.5 Å². The first-order valence-electron chi connectivity index (χ1n) is 6.31. The van der Waals surface area contributed by atoms with Crippen molar-refractivity contribution in [1.29, 1.82) is 0 Å². The van der Waals surface area contributed by atoms with Gasteiger partial charge in [-0.15, -0.1) is 0 Å². The Kier molecular flexibility index (Phi) is 7.56. The van der Waals surface area contributed by atoms with Crippen molar-refractivity contribution in [3.05, 3.63) is 23.5 Å². The quantitative estimate of drug-likeness (QED) is 0.419. The van der Waals surface area contributed by atoms with Crippen molar-refractivity contribution in [2.24, 2.45) is 0 Å². The Morgan fingerprint density at radius 1 is 1.25 bits per heavy atom. The van der Waals surface area contributed by atoms with E-state index in [1.807, 2.05) is 0 Å². The van der Waals surface area contributed by atoms with Crippen LogP contribution in [0.3, 0.4) is 0 Å². The molecule has 0 aliphatic carbocycles. The number of aromatic nitrogens is 1. The van der Waals surface area contributed by atoms with E-state index >= 15 is 0 Å². The Labute approximate surface area is 117 Å². The van der Waals surface area contributed by atoms with Crippen molar-refractivity contribution >= 4 is 5.97 Å². The van der Waals surface area contributed by atoms with Crippen LogP contribution in [0, 0.1) is 0 Å². The maximum atomic E-state index is 10.9. The summed E-state index contributed by atoms with van der Waals surface area (Å²) in [5.41, 5.74) is 0.899. The Balaban J connectivity index is 2.29. The van der Waals surface area contributed by atoms with Crippen molar-refractivity contribution in [1.82, 2.24) is 10.3 Å². The summed E-state index contributed by atoms with van der Waals surface area (Å²) in [4.78, 5) is 14.9. The Hall–Kier alpha value is -1.70. The highest BCUT2D eigenvalue weighted by molar-refractivity contribution is 5.69. The van der Waals surface area contributed by atoms with Gasteiger partial charge in [0.1, 0.15) is 12.4 Å². The number of methoxy groups -OCH3 is 1. The molecule has 0 amide bonds. The number of carbonyl (C=O) groups excluding carboxylic acids is 1. The fourth-order valence-corrected chi connectivity index (χ4v) is 1.52. The molecule has 1 aromatic heterocycles. The zero-order valence-corrected chi connectivity index (χ0v) is 11.5. The summed E-state index contributed by atoms with van der Waals surface area (Å²) >= 11 is 0. The van der Waals surface area contributed by atoms with Gasteiger partial charge in [0, 0.05) is 25.2 Å². The third-order valence-electron chi connectivity index (χ3n) is 2.51. The first-order chi connectivity index (χ1) is 9.69. The predicted octanol–water partition coefficient (Wildman–Crippen LogP) is -0.402. The number of pyridine rings is 1. The second-order valence-corrected chi connectivity index (χ2v) is 4.03. The summed E-state index contributed by atoms with van der Waals surface area (Å²) in [5, 5.41) is 21.1. The number of carbonyl (C=O) groups is 1. The zero-order chi connectivity index (χ0) is 14.8.